The second-order valence-electron chi connectivity index (χ2n) is 2.37. The Kier molecular flexibility index (Phi) is 7.40. The van der Waals surface area contributed by atoms with Gasteiger partial charge in [-0.1, -0.05) is 17.3 Å². The van der Waals surface area contributed by atoms with E-state index in [4.69, 9.17) is 11.6 Å². The maximum atomic E-state index is 5.35. The van der Waals surface area contributed by atoms with Crippen molar-refractivity contribution in [2.45, 2.75) is 0 Å². The van der Waals surface area contributed by atoms with Crippen LogP contribution in [0.2, 0.25) is 0 Å². The van der Waals surface area contributed by atoms with Crippen molar-refractivity contribution in [1.82, 2.24) is 9.88 Å². The lowest BCUT2D eigenvalue weighted by Gasteiger charge is -2.08. The molecule has 0 saturated heterocycles. The first-order valence-corrected chi connectivity index (χ1v) is 5.34. The molecule has 60 valence electrons. The highest BCUT2D eigenvalue weighted by atomic mass is 35.5. The quantitative estimate of drug-likeness (QED) is 0.469. The summed E-state index contributed by atoms with van der Waals surface area (Å²) in [6.45, 7) is 2.17. The summed E-state index contributed by atoms with van der Waals surface area (Å²) < 4.78 is 0. The minimum absolute atomic E-state index is 0.221. The highest BCUT2D eigenvalue weighted by Crippen LogP contribution is 1.73. The van der Waals surface area contributed by atoms with Crippen molar-refractivity contribution in [3.05, 3.63) is 11.2 Å². The molecule has 0 heterocycles. The second kappa shape index (κ2) is 7.28. The molecule has 4 heteroatoms. The Labute approximate surface area is 70.1 Å². The molecule has 0 aliphatic heterocycles. The van der Waals surface area contributed by atoms with Gasteiger partial charge in [-0.25, -0.2) is 0 Å². The summed E-state index contributed by atoms with van der Waals surface area (Å²) in [5.74, 6) is 0. The predicted octanol–water partition coefficient (Wildman–Crippen LogP) is -0.0686. The van der Waals surface area contributed by atoms with Crippen LogP contribution in [-0.2, 0) is 0 Å². The van der Waals surface area contributed by atoms with E-state index in [9.17, 15) is 0 Å². The molecule has 0 unspecified atom stereocenters. The van der Waals surface area contributed by atoms with Gasteiger partial charge in [0.2, 0.25) is 0 Å². The fraction of sp³-hybridized carbons (Fsp3) is 0.667. The van der Waals surface area contributed by atoms with E-state index in [0.29, 0.717) is 0 Å². The van der Waals surface area contributed by atoms with Crippen LogP contribution in [0.3, 0.4) is 0 Å². The maximum absolute atomic E-state index is 5.35. The molecule has 0 aromatic carbocycles. The second-order valence-corrected chi connectivity index (χ2v) is 4.00. The van der Waals surface area contributed by atoms with Crippen molar-refractivity contribution in [1.29, 1.82) is 0 Å². The number of hydrogen-bond donors (Lipinski definition) is 1. The van der Waals surface area contributed by atoms with Gasteiger partial charge in [-0.15, -0.1) is 0 Å². The lowest BCUT2D eigenvalue weighted by atomic mass is 10.6. The Morgan fingerprint density at radius 2 is 2.30 bits per heavy atom. The van der Waals surface area contributed by atoms with E-state index in [-0.39, 0.29) is 9.68 Å². The Morgan fingerprint density at radius 3 is 2.80 bits per heavy atom. The smallest absolute Gasteiger partial charge is 0.117 e. The van der Waals surface area contributed by atoms with Crippen LogP contribution in [0.5, 0.6) is 0 Å². The third kappa shape index (κ3) is 8.17. The molecule has 0 aliphatic rings. The first-order chi connectivity index (χ1) is 4.77. The summed E-state index contributed by atoms with van der Waals surface area (Å²) in [5, 5.41) is 0. The highest BCUT2D eigenvalue weighted by molar-refractivity contribution is 6.42. The van der Waals surface area contributed by atoms with Crippen LogP contribution < -0.4 is 4.98 Å². The molecule has 0 aromatic rings. The normalized spacial score (nSPS) is 12.8. The number of likely N-dealkylation sites (N-methyl/N-ethyl adjacent to an activating group) is 1. The Bertz CT molecular complexity index is 95.7. The monoisotopic (exact) mass is 178 g/mol. The predicted molar refractivity (Wildman–Crippen MR) is 50.1 cm³/mol. The zero-order chi connectivity index (χ0) is 7.82. The van der Waals surface area contributed by atoms with Crippen LogP contribution in [0.15, 0.2) is 11.2 Å². The van der Waals surface area contributed by atoms with Gasteiger partial charge in [0, 0.05) is 13.1 Å². The lowest BCUT2D eigenvalue weighted by molar-refractivity contribution is 0.414. The zero-order valence-electron chi connectivity index (χ0n) is 6.60. The fourth-order valence-corrected chi connectivity index (χ4v) is 1.42. The van der Waals surface area contributed by atoms with Gasteiger partial charge >= 0.3 is 0 Å². The molecule has 1 N–H and O–H groups in total. The van der Waals surface area contributed by atoms with Crippen molar-refractivity contribution in [3.63, 3.8) is 0 Å². The van der Waals surface area contributed by atoms with Crippen molar-refractivity contribution in [2.24, 2.45) is 0 Å². The number of halogens is 1. The molecule has 0 spiro atoms. The van der Waals surface area contributed by atoms with Crippen molar-refractivity contribution >= 4 is 21.3 Å². The van der Waals surface area contributed by atoms with Crippen LogP contribution >= 0.6 is 11.6 Å². The SMILES string of the molecule is CN(C)CCN[SiH2]C=CCl. The van der Waals surface area contributed by atoms with E-state index in [1.54, 1.807) is 5.54 Å². The molecule has 0 rings (SSSR count). The summed E-state index contributed by atoms with van der Waals surface area (Å²) in [5.41, 5.74) is 3.62. The van der Waals surface area contributed by atoms with E-state index >= 15 is 0 Å². The Morgan fingerprint density at radius 1 is 1.60 bits per heavy atom. The summed E-state index contributed by atoms with van der Waals surface area (Å²) in [7, 11) is 3.92. The van der Waals surface area contributed by atoms with Crippen LogP contribution in [0.1, 0.15) is 0 Å². The van der Waals surface area contributed by atoms with Gasteiger partial charge in [-0.2, -0.15) is 0 Å². The number of nitrogens with zero attached hydrogens (tertiary/aromatic N) is 1. The van der Waals surface area contributed by atoms with Crippen LogP contribution in [0, 0.1) is 0 Å². The molecule has 0 atom stereocenters. The standard InChI is InChI=1S/C6H15ClN2Si/c1-9(2)5-4-8-10-6-3-7/h3,6,8H,4-5,10H2,1-2H3. The van der Waals surface area contributed by atoms with Gasteiger partial charge in [0.25, 0.3) is 0 Å². The summed E-state index contributed by atoms with van der Waals surface area (Å²) in [4.78, 5) is 5.50. The minimum atomic E-state index is -0.221. The van der Waals surface area contributed by atoms with E-state index in [2.05, 4.69) is 24.0 Å². The third-order valence-corrected chi connectivity index (χ3v) is 2.68. The first kappa shape index (κ1) is 10.2. The van der Waals surface area contributed by atoms with Gasteiger partial charge in [-0.3, -0.25) is 0 Å². The fourth-order valence-electron chi connectivity index (χ4n) is 0.533. The van der Waals surface area contributed by atoms with E-state index in [1.165, 1.54) is 0 Å². The summed E-state index contributed by atoms with van der Waals surface area (Å²) >= 11 is 5.35. The average molecular weight is 179 g/mol. The van der Waals surface area contributed by atoms with Crippen LogP contribution in [0.25, 0.3) is 0 Å². The Balaban J connectivity index is 2.91. The van der Waals surface area contributed by atoms with Gasteiger partial charge in [0.1, 0.15) is 9.68 Å². The molecular weight excluding hydrogens is 164 g/mol. The number of hydrogen-bond acceptors (Lipinski definition) is 2. The zero-order valence-corrected chi connectivity index (χ0v) is 8.77. The minimum Gasteiger partial charge on any atom is -0.338 e. The molecule has 0 aromatic heterocycles. The van der Waals surface area contributed by atoms with E-state index < -0.39 is 0 Å². The van der Waals surface area contributed by atoms with E-state index in [1.807, 2.05) is 5.70 Å². The summed E-state index contributed by atoms with van der Waals surface area (Å²) in [6, 6.07) is 0. The van der Waals surface area contributed by atoms with Crippen LogP contribution in [0.4, 0.5) is 0 Å². The number of nitrogens with one attached hydrogen (secondary N) is 1. The van der Waals surface area contributed by atoms with Gasteiger partial charge < -0.3 is 9.88 Å². The molecule has 0 aliphatic carbocycles. The summed E-state index contributed by atoms with van der Waals surface area (Å²) in [6.07, 6.45) is 0. The third-order valence-electron chi connectivity index (χ3n) is 1.09. The molecule has 0 saturated carbocycles. The Hall–Kier alpha value is 0.167. The molecule has 2 nitrogen and oxygen atoms in total. The molecule has 0 amide bonds. The largest absolute Gasteiger partial charge is 0.338 e. The first-order valence-electron chi connectivity index (χ1n) is 3.38. The van der Waals surface area contributed by atoms with E-state index in [0.717, 1.165) is 13.1 Å². The van der Waals surface area contributed by atoms with Gasteiger partial charge in [0.15, 0.2) is 0 Å². The van der Waals surface area contributed by atoms with Crippen molar-refractivity contribution in [2.75, 3.05) is 27.2 Å². The van der Waals surface area contributed by atoms with Crippen LogP contribution in [-0.4, -0.2) is 41.8 Å². The molecule has 10 heavy (non-hydrogen) atoms. The molecular formula is C6H15ClN2Si. The molecule has 0 radical (unpaired) electrons. The van der Waals surface area contributed by atoms with Crippen molar-refractivity contribution < 1.29 is 0 Å². The maximum Gasteiger partial charge on any atom is 0.117 e. The van der Waals surface area contributed by atoms with Gasteiger partial charge in [0.05, 0.1) is 0 Å². The average Bonchev–Trinajstić information content (AvgIpc) is 1.87. The van der Waals surface area contributed by atoms with Gasteiger partial charge in [-0.05, 0) is 19.6 Å². The molecule has 0 bridgehead atoms. The van der Waals surface area contributed by atoms with Crippen molar-refractivity contribution in [3.8, 4) is 0 Å². The molecule has 0 fully saturated rings. The number of rotatable bonds is 5. The topological polar surface area (TPSA) is 15.3 Å². The lowest BCUT2D eigenvalue weighted by Crippen LogP contribution is -2.28. The highest BCUT2D eigenvalue weighted by Gasteiger charge is 1.86.